The molecule has 0 fully saturated rings. The van der Waals surface area contributed by atoms with E-state index in [4.69, 9.17) is 4.74 Å². The van der Waals surface area contributed by atoms with Crippen LogP contribution in [0.3, 0.4) is 0 Å². The van der Waals surface area contributed by atoms with E-state index in [0.29, 0.717) is 24.2 Å². The summed E-state index contributed by atoms with van der Waals surface area (Å²) in [7, 11) is 3.02. The van der Waals surface area contributed by atoms with Crippen molar-refractivity contribution in [3.8, 4) is 0 Å². The van der Waals surface area contributed by atoms with Crippen molar-refractivity contribution in [2.45, 2.75) is 58.2 Å². The van der Waals surface area contributed by atoms with Gasteiger partial charge in [-0.1, -0.05) is 48.5 Å². The molecule has 3 aromatic rings. The number of benzene rings is 3. The smallest absolute Gasteiger partial charge is 0.305 e. The molecule has 41 heavy (non-hydrogen) atoms. The van der Waals surface area contributed by atoms with E-state index in [-0.39, 0.29) is 49.6 Å². The van der Waals surface area contributed by atoms with Crippen molar-refractivity contribution in [3.05, 3.63) is 71.8 Å². The summed E-state index contributed by atoms with van der Waals surface area (Å²) in [5, 5.41) is 7.91. The van der Waals surface area contributed by atoms with Crippen molar-refractivity contribution in [3.63, 3.8) is 0 Å². The average molecular weight is 559 g/mol. The van der Waals surface area contributed by atoms with Crippen LogP contribution in [0.2, 0.25) is 0 Å². The summed E-state index contributed by atoms with van der Waals surface area (Å²) in [5.74, 6) is -1.12. The summed E-state index contributed by atoms with van der Waals surface area (Å²) >= 11 is 0. The molecule has 0 saturated carbocycles. The number of nitrogens with one attached hydrogen (secondary N) is 2. The number of esters is 1. The van der Waals surface area contributed by atoms with Crippen LogP contribution in [0.25, 0.3) is 10.8 Å². The summed E-state index contributed by atoms with van der Waals surface area (Å²) in [6.45, 7) is 4.01. The number of rotatable bonds is 10. The number of likely N-dealkylation sites (N-methyl/N-ethyl adjacent to an activating group) is 1. The fourth-order valence-electron chi connectivity index (χ4n) is 5.12. The molecular formula is C32H38N4O5. The second-order valence-electron chi connectivity index (χ2n) is 10.4. The molecule has 1 unspecified atom stereocenters. The van der Waals surface area contributed by atoms with Gasteiger partial charge in [-0.15, -0.1) is 0 Å². The van der Waals surface area contributed by atoms with Gasteiger partial charge in [-0.3, -0.25) is 19.2 Å². The lowest BCUT2D eigenvalue weighted by Crippen LogP contribution is -2.55. The lowest BCUT2D eigenvalue weighted by molar-refractivity contribution is -0.140. The van der Waals surface area contributed by atoms with Crippen LogP contribution in [0.1, 0.15) is 43.7 Å². The minimum Gasteiger partial charge on any atom is -0.469 e. The van der Waals surface area contributed by atoms with Gasteiger partial charge in [-0.05, 0) is 67.8 Å². The molecule has 0 bridgehead atoms. The molecule has 0 radical (unpaired) electrons. The SMILES string of the molecule is CNC(C)C(=O)N[C@H]1CN(C(=O)CCCCC(=O)OC)c2ccccc2N(Cc2c(C)ccc3ccccc23)C1=O. The number of hydrogen-bond acceptors (Lipinski definition) is 6. The Morgan fingerprint density at radius 3 is 2.39 bits per heavy atom. The maximum Gasteiger partial charge on any atom is 0.305 e. The van der Waals surface area contributed by atoms with Gasteiger partial charge in [0.1, 0.15) is 6.04 Å². The lowest BCUT2D eigenvalue weighted by atomic mass is 9.99. The molecule has 4 rings (SSSR count). The van der Waals surface area contributed by atoms with Crippen LogP contribution in [0, 0.1) is 6.92 Å². The highest BCUT2D eigenvalue weighted by Crippen LogP contribution is 2.36. The first-order valence-electron chi connectivity index (χ1n) is 14.0. The first-order valence-corrected chi connectivity index (χ1v) is 14.0. The zero-order valence-electron chi connectivity index (χ0n) is 24.1. The van der Waals surface area contributed by atoms with Gasteiger partial charge in [0.25, 0.3) is 5.91 Å². The molecule has 0 aliphatic carbocycles. The predicted octanol–water partition coefficient (Wildman–Crippen LogP) is 3.85. The number of nitrogens with zero attached hydrogens (tertiary/aromatic N) is 2. The molecule has 1 heterocycles. The van der Waals surface area contributed by atoms with Crippen LogP contribution in [0.4, 0.5) is 11.4 Å². The molecule has 3 aromatic carbocycles. The topological polar surface area (TPSA) is 108 Å². The highest BCUT2D eigenvalue weighted by Gasteiger charge is 2.37. The predicted molar refractivity (Wildman–Crippen MR) is 160 cm³/mol. The summed E-state index contributed by atoms with van der Waals surface area (Å²) in [6.07, 6.45) is 1.43. The number of fused-ring (bicyclic) bond motifs is 2. The Morgan fingerprint density at radius 2 is 1.66 bits per heavy atom. The molecule has 216 valence electrons. The summed E-state index contributed by atoms with van der Waals surface area (Å²) in [6, 6.07) is 18.0. The van der Waals surface area contributed by atoms with E-state index in [1.54, 1.807) is 23.8 Å². The summed E-state index contributed by atoms with van der Waals surface area (Å²) in [5.41, 5.74) is 3.25. The lowest BCUT2D eigenvalue weighted by Gasteiger charge is -2.27. The van der Waals surface area contributed by atoms with E-state index in [9.17, 15) is 19.2 Å². The highest BCUT2D eigenvalue weighted by molar-refractivity contribution is 6.08. The second kappa shape index (κ2) is 13.4. The largest absolute Gasteiger partial charge is 0.469 e. The Hall–Kier alpha value is -4.24. The number of para-hydroxylation sites is 2. The molecule has 0 spiro atoms. The molecule has 9 heteroatoms. The number of ether oxygens (including phenoxy) is 1. The number of methoxy groups -OCH3 is 1. The Morgan fingerprint density at radius 1 is 0.976 bits per heavy atom. The molecule has 3 amide bonds. The average Bonchev–Trinajstić information content (AvgIpc) is 3.10. The van der Waals surface area contributed by atoms with Crippen LogP contribution >= 0.6 is 0 Å². The number of anilines is 2. The van der Waals surface area contributed by atoms with Crippen LogP contribution in [0.15, 0.2) is 60.7 Å². The number of unbranched alkanes of at least 4 members (excludes halogenated alkanes) is 1. The second-order valence-corrected chi connectivity index (χ2v) is 10.4. The van der Waals surface area contributed by atoms with Crippen LogP contribution in [0.5, 0.6) is 0 Å². The van der Waals surface area contributed by atoms with E-state index in [1.807, 2.05) is 61.5 Å². The van der Waals surface area contributed by atoms with Gasteiger partial charge in [0.15, 0.2) is 0 Å². The summed E-state index contributed by atoms with van der Waals surface area (Å²) in [4.78, 5) is 55.6. The Kier molecular flexibility index (Phi) is 9.73. The third kappa shape index (κ3) is 6.74. The number of carbonyl (C=O) groups excluding carboxylic acids is 4. The maximum absolute atomic E-state index is 14.2. The van der Waals surface area contributed by atoms with Gasteiger partial charge < -0.3 is 25.2 Å². The quantitative estimate of drug-likeness (QED) is 0.289. The molecule has 1 aliphatic heterocycles. The number of aryl methyl sites for hydroxylation is 1. The Bertz CT molecular complexity index is 1440. The van der Waals surface area contributed by atoms with Crippen molar-refractivity contribution < 1.29 is 23.9 Å². The molecule has 2 atom stereocenters. The fraction of sp³-hybridized carbons (Fsp3) is 0.375. The van der Waals surface area contributed by atoms with Gasteiger partial charge in [0.2, 0.25) is 11.8 Å². The fourth-order valence-corrected chi connectivity index (χ4v) is 5.12. The van der Waals surface area contributed by atoms with E-state index in [1.165, 1.54) is 7.11 Å². The van der Waals surface area contributed by atoms with Crippen LogP contribution < -0.4 is 20.4 Å². The van der Waals surface area contributed by atoms with E-state index < -0.39 is 12.1 Å². The molecule has 0 saturated heterocycles. The Balaban J connectivity index is 1.73. The third-order valence-corrected chi connectivity index (χ3v) is 7.68. The van der Waals surface area contributed by atoms with Crippen molar-refractivity contribution in [2.75, 3.05) is 30.5 Å². The van der Waals surface area contributed by atoms with Crippen molar-refractivity contribution in [1.82, 2.24) is 10.6 Å². The number of hydrogen-bond donors (Lipinski definition) is 2. The Labute approximate surface area is 240 Å². The van der Waals surface area contributed by atoms with Crippen LogP contribution in [-0.2, 0) is 30.5 Å². The molecular weight excluding hydrogens is 520 g/mol. The summed E-state index contributed by atoms with van der Waals surface area (Å²) < 4.78 is 4.70. The molecule has 1 aliphatic rings. The normalized spacial score (nSPS) is 15.7. The zero-order chi connectivity index (χ0) is 29.5. The standard InChI is InChI=1S/C32H38N4O5/c1-21-17-18-23-11-5-6-12-24(23)25(21)19-36-28-14-8-7-13-27(28)35(29(37)15-9-10-16-30(38)41-4)20-26(32(36)40)34-31(39)22(2)33-3/h5-8,11-14,17-18,22,26,33H,9-10,15-16,19-20H2,1-4H3,(H,34,39)/t22?,26-/m0/s1. The van der Waals surface area contributed by atoms with Crippen molar-refractivity contribution >= 4 is 45.8 Å². The first kappa shape index (κ1) is 29.7. The first-order chi connectivity index (χ1) is 19.7. The van der Waals surface area contributed by atoms with E-state index in [2.05, 4.69) is 16.7 Å². The zero-order valence-corrected chi connectivity index (χ0v) is 24.1. The molecule has 9 nitrogen and oxygen atoms in total. The number of amides is 3. The van der Waals surface area contributed by atoms with Crippen molar-refractivity contribution in [2.24, 2.45) is 0 Å². The van der Waals surface area contributed by atoms with Gasteiger partial charge in [0, 0.05) is 12.8 Å². The highest BCUT2D eigenvalue weighted by atomic mass is 16.5. The van der Waals surface area contributed by atoms with Crippen molar-refractivity contribution in [1.29, 1.82) is 0 Å². The molecule has 2 N–H and O–H groups in total. The third-order valence-electron chi connectivity index (χ3n) is 7.68. The van der Waals surface area contributed by atoms with E-state index >= 15 is 0 Å². The minimum absolute atomic E-state index is 0.00112. The van der Waals surface area contributed by atoms with Gasteiger partial charge >= 0.3 is 5.97 Å². The maximum atomic E-state index is 14.2. The van der Waals surface area contributed by atoms with Gasteiger partial charge in [-0.2, -0.15) is 0 Å². The van der Waals surface area contributed by atoms with Crippen LogP contribution in [-0.4, -0.2) is 56.5 Å². The molecule has 0 aromatic heterocycles. The minimum atomic E-state index is -0.958. The monoisotopic (exact) mass is 558 g/mol. The van der Waals surface area contributed by atoms with Gasteiger partial charge in [0.05, 0.1) is 37.6 Å². The van der Waals surface area contributed by atoms with E-state index in [0.717, 1.165) is 21.9 Å². The number of carbonyl (C=O) groups is 4. The van der Waals surface area contributed by atoms with Gasteiger partial charge in [-0.25, -0.2) is 0 Å².